The van der Waals surface area contributed by atoms with Crippen molar-refractivity contribution in [3.8, 4) is 6.07 Å². The first-order valence-electron chi connectivity index (χ1n) is 8.74. The number of fused-ring (bicyclic) bond motifs is 2. The lowest BCUT2D eigenvalue weighted by molar-refractivity contribution is -0.127. The molecule has 3 rings (SSSR count). The maximum Gasteiger partial charge on any atom is 0.264 e. The number of nitrogens with zero attached hydrogens (tertiary/aromatic N) is 3. The van der Waals surface area contributed by atoms with Crippen LogP contribution in [0, 0.1) is 11.3 Å². The summed E-state index contributed by atoms with van der Waals surface area (Å²) in [5.74, 6) is -0.0631. The summed E-state index contributed by atoms with van der Waals surface area (Å²) in [6.07, 6.45) is 6.44. The third kappa shape index (κ3) is 3.15. The van der Waals surface area contributed by atoms with Gasteiger partial charge in [-0.25, -0.2) is 0 Å². The maximum atomic E-state index is 12.9. The molecule has 126 valence electrons. The van der Waals surface area contributed by atoms with Crippen LogP contribution in [0.1, 0.15) is 46.5 Å². The number of rotatable bonds is 3. The first-order valence-corrected chi connectivity index (χ1v) is 8.74. The molecule has 23 heavy (non-hydrogen) atoms. The minimum absolute atomic E-state index is 0.0631. The van der Waals surface area contributed by atoms with Gasteiger partial charge in [-0.2, -0.15) is 5.26 Å². The average molecular weight is 317 g/mol. The lowest BCUT2D eigenvalue weighted by Crippen LogP contribution is -2.51. The molecule has 3 fully saturated rings. The van der Waals surface area contributed by atoms with Crippen molar-refractivity contribution in [1.82, 2.24) is 9.80 Å². The largest absolute Gasteiger partial charge is 0.376 e. The highest BCUT2D eigenvalue weighted by atomic mass is 16.5. The molecule has 3 aliphatic heterocycles. The van der Waals surface area contributed by atoms with Gasteiger partial charge >= 0.3 is 0 Å². The van der Waals surface area contributed by atoms with E-state index >= 15 is 0 Å². The molecule has 5 nitrogen and oxygen atoms in total. The minimum Gasteiger partial charge on any atom is -0.376 e. The van der Waals surface area contributed by atoms with Crippen LogP contribution in [-0.2, 0) is 9.53 Å². The first-order chi connectivity index (χ1) is 10.9. The second-order valence-corrected chi connectivity index (χ2v) is 7.63. The monoisotopic (exact) mass is 317 g/mol. The summed E-state index contributed by atoms with van der Waals surface area (Å²) in [6, 6.07) is 2.88. The Bertz CT molecular complexity index is 529. The summed E-state index contributed by atoms with van der Waals surface area (Å²) < 4.78 is 5.60. The number of hydrogen-bond donors (Lipinski definition) is 0. The minimum atomic E-state index is -0.322. The van der Waals surface area contributed by atoms with Crippen LogP contribution in [0.4, 0.5) is 0 Å². The zero-order valence-electron chi connectivity index (χ0n) is 14.4. The van der Waals surface area contributed by atoms with E-state index in [2.05, 4.69) is 31.7 Å². The van der Waals surface area contributed by atoms with Crippen LogP contribution in [-0.4, -0.2) is 59.1 Å². The molecule has 0 aromatic carbocycles. The van der Waals surface area contributed by atoms with Crippen LogP contribution in [0.2, 0.25) is 0 Å². The van der Waals surface area contributed by atoms with Gasteiger partial charge in [-0.3, -0.25) is 9.69 Å². The summed E-state index contributed by atoms with van der Waals surface area (Å²) in [5, 5.41) is 9.55. The zero-order valence-corrected chi connectivity index (χ0v) is 14.4. The number of nitriles is 1. The van der Waals surface area contributed by atoms with Gasteiger partial charge in [0.15, 0.2) is 0 Å². The molecule has 0 radical (unpaired) electrons. The van der Waals surface area contributed by atoms with Crippen molar-refractivity contribution >= 4 is 5.91 Å². The second-order valence-electron chi connectivity index (χ2n) is 7.63. The Morgan fingerprint density at radius 3 is 2.39 bits per heavy atom. The predicted molar refractivity (Wildman–Crippen MR) is 87.7 cm³/mol. The zero-order chi connectivity index (χ0) is 16.6. The van der Waals surface area contributed by atoms with E-state index in [-0.39, 0.29) is 17.6 Å². The van der Waals surface area contributed by atoms with E-state index in [1.54, 1.807) is 0 Å². The quantitative estimate of drug-likeness (QED) is 0.591. The van der Waals surface area contributed by atoms with E-state index in [0.717, 1.165) is 38.8 Å². The van der Waals surface area contributed by atoms with E-state index < -0.39 is 0 Å². The number of carbonyl (C=O) groups is 1. The standard InChI is InChI=1S/C18H27N3O2/c1-13-12-20(8-9-23-13)18(2,3)10-14(11-19)17(22)21-15-4-5-16(21)7-6-15/h10,13,15-16H,4-9,12H2,1-3H3/t13-,15?,16?/m1/s1. The average Bonchev–Trinajstić information content (AvgIpc) is 3.12. The van der Waals surface area contributed by atoms with Gasteiger partial charge in [-0.05, 0) is 52.5 Å². The van der Waals surface area contributed by atoms with Crippen molar-refractivity contribution in [2.24, 2.45) is 0 Å². The Kier molecular flexibility index (Phi) is 4.48. The lowest BCUT2D eigenvalue weighted by atomic mass is 9.97. The van der Waals surface area contributed by atoms with Gasteiger partial charge < -0.3 is 9.64 Å². The topological polar surface area (TPSA) is 56.6 Å². The summed E-state index contributed by atoms with van der Waals surface area (Å²) in [5.41, 5.74) is -0.0229. The highest BCUT2D eigenvalue weighted by Crippen LogP contribution is 2.38. The van der Waals surface area contributed by atoms with Crippen molar-refractivity contribution in [3.63, 3.8) is 0 Å². The summed E-state index contributed by atoms with van der Waals surface area (Å²) in [7, 11) is 0. The Balaban J connectivity index is 1.78. The molecule has 5 heteroatoms. The number of carbonyl (C=O) groups excluding carboxylic acids is 1. The van der Waals surface area contributed by atoms with E-state index in [1.165, 1.54) is 0 Å². The van der Waals surface area contributed by atoms with Crippen molar-refractivity contribution in [1.29, 1.82) is 5.26 Å². The molecule has 0 spiro atoms. The number of amides is 1. The Morgan fingerprint density at radius 1 is 1.26 bits per heavy atom. The number of ether oxygens (including phenoxy) is 1. The molecule has 3 aliphatic rings. The highest BCUT2D eigenvalue weighted by molar-refractivity contribution is 5.98. The van der Waals surface area contributed by atoms with Crippen molar-refractivity contribution < 1.29 is 9.53 Å². The van der Waals surface area contributed by atoms with Crippen LogP contribution < -0.4 is 0 Å². The molecular weight excluding hydrogens is 290 g/mol. The fraction of sp³-hybridized carbons (Fsp3) is 0.778. The molecule has 0 N–H and O–H groups in total. The maximum absolute atomic E-state index is 12.9. The van der Waals surface area contributed by atoms with E-state index in [4.69, 9.17) is 4.74 Å². The third-order valence-electron chi connectivity index (χ3n) is 5.59. The molecule has 0 aromatic rings. The van der Waals surface area contributed by atoms with Crippen LogP contribution in [0.5, 0.6) is 0 Å². The summed E-state index contributed by atoms with van der Waals surface area (Å²) in [4.78, 5) is 17.1. The molecule has 0 unspecified atom stereocenters. The molecule has 0 aliphatic carbocycles. The van der Waals surface area contributed by atoms with Gasteiger partial charge in [0.25, 0.3) is 5.91 Å². The van der Waals surface area contributed by atoms with Crippen LogP contribution in [0.3, 0.4) is 0 Å². The van der Waals surface area contributed by atoms with E-state index in [1.807, 2.05) is 11.0 Å². The Hall–Kier alpha value is -1.38. The van der Waals surface area contributed by atoms with Gasteiger partial charge in [-0.15, -0.1) is 0 Å². The second kappa shape index (κ2) is 6.26. The number of morpholine rings is 1. The third-order valence-corrected chi connectivity index (χ3v) is 5.59. The van der Waals surface area contributed by atoms with Crippen molar-refractivity contribution in [2.45, 2.75) is 70.2 Å². The Morgan fingerprint density at radius 2 is 1.87 bits per heavy atom. The summed E-state index contributed by atoms with van der Waals surface area (Å²) >= 11 is 0. The molecule has 2 bridgehead atoms. The molecule has 0 saturated carbocycles. The van der Waals surface area contributed by atoms with Gasteiger partial charge in [0.1, 0.15) is 11.6 Å². The van der Waals surface area contributed by atoms with Crippen LogP contribution in [0.25, 0.3) is 0 Å². The predicted octanol–water partition coefficient (Wildman–Crippen LogP) is 2.09. The summed E-state index contributed by atoms with van der Waals surface area (Å²) in [6.45, 7) is 8.57. The molecule has 1 atom stereocenters. The van der Waals surface area contributed by atoms with E-state index in [0.29, 0.717) is 24.3 Å². The Labute approximate surface area is 138 Å². The molecule has 1 amide bonds. The van der Waals surface area contributed by atoms with Crippen molar-refractivity contribution in [2.75, 3.05) is 19.7 Å². The number of hydrogen-bond acceptors (Lipinski definition) is 4. The van der Waals surface area contributed by atoms with Crippen molar-refractivity contribution in [3.05, 3.63) is 11.6 Å². The molecule has 3 saturated heterocycles. The van der Waals surface area contributed by atoms with Gasteiger partial charge in [0.2, 0.25) is 0 Å². The van der Waals surface area contributed by atoms with Gasteiger partial charge in [0.05, 0.1) is 12.7 Å². The molecule has 3 heterocycles. The fourth-order valence-corrected chi connectivity index (χ4v) is 4.31. The lowest BCUT2D eigenvalue weighted by Gasteiger charge is -2.41. The van der Waals surface area contributed by atoms with Crippen LogP contribution in [0.15, 0.2) is 11.6 Å². The fourth-order valence-electron chi connectivity index (χ4n) is 4.31. The van der Waals surface area contributed by atoms with Crippen LogP contribution >= 0.6 is 0 Å². The SMILES string of the molecule is C[C@@H]1CN(C(C)(C)C=C(C#N)C(=O)N2C3CCC2CC3)CCO1. The van der Waals surface area contributed by atoms with Gasteiger partial charge in [-0.1, -0.05) is 0 Å². The van der Waals surface area contributed by atoms with E-state index in [9.17, 15) is 10.1 Å². The molecular formula is C18H27N3O2. The van der Waals surface area contributed by atoms with Gasteiger partial charge in [0, 0.05) is 30.7 Å². The highest BCUT2D eigenvalue weighted by Gasteiger charge is 2.43. The normalized spacial score (nSPS) is 32.2. The smallest absolute Gasteiger partial charge is 0.264 e. The molecule has 0 aromatic heterocycles. The first kappa shape index (κ1) is 16.5.